The van der Waals surface area contributed by atoms with Gasteiger partial charge in [-0.1, -0.05) is 0 Å². The molecule has 0 spiro atoms. The second kappa shape index (κ2) is 6.10. The van der Waals surface area contributed by atoms with Crippen LogP contribution in [0.2, 0.25) is 0 Å². The van der Waals surface area contributed by atoms with Gasteiger partial charge in [0.25, 0.3) is 0 Å². The summed E-state index contributed by atoms with van der Waals surface area (Å²) >= 11 is 0. The number of carbonyl (C=O) groups is 1. The Hall–Kier alpha value is -2.13. The predicted molar refractivity (Wildman–Crippen MR) is 76.5 cm³/mol. The molecule has 2 saturated heterocycles. The summed E-state index contributed by atoms with van der Waals surface area (Å²) in [6, 6.07) is 5.59. The number of esters is 1. The Balaban J connectivity index is 1.53. The second-order valence-electron chi connectivity index (χ2n) is 5.51. The lowest BCUT2D eigenvalue weighted by Crippen LogP contribution is -2.37. The molecule has 2 aliphatic heterocycles. The third-order valence-electron chi connectivity index (χ3n) is 4.15. The van der Waals surface area contributed by atoms with Crippen molar-refractivity contribution in [2.75, 3.05) is 31.6 Å². The van der Waals surface area contributed by atoms with Gasteiger partial charge >= 0.3 is 5.97 Å². The highest BCUT2D eigenvalue weighted by molar-refractivity contribution is 5.77. The lowest BCUT2D eigenvalue weighted by atomic mass is 10.1. The van der Waals surface area contributed by atoms with Crippen LogP contribution >= 0.6 is 0 Å². The molecule has 2 aliphatic rings. The quantitative estimate of drug-likeness (QED) is 0.832. The first-order chi connectivity index (χ1) is 10.3. The van der Waals surface area contributed by atoms with Gasteiger partial charge in [-0.05, 0) is 31.0 Å². The van der Waals surface area contributed by atoms with E-state index in [1.165, 1.54) is 0 Å². The number of anilines is 1. The molecule has 0 amide bonds. The van der Waals surface area contributed by atoms with Crippen molar-refractivity contribution in [3.05, 3.63) is 23.9 Å². The summed E-state index contributed by atoms with van der Waals surface area (Å²) in [5.74, 6) is 1.02. The molecule has 0 aromatic carbocycles. The first kappa shape index (κ1) is 13.8. The Morgan fingerprint density at radius 2 is 2.43 bits per heavy atom. The van der Waals surface area contributed by atoms with Crippen molar-refractivity contribution in [1.29, 1.82) is 5.26 Å². The molecule has 1 aromatic rings. The van der Waals surface area contributed by atoms with E-state index in [9.17, 15) is 4.79 Å². The molecular formula is C15H18N4O2. The number of nitrogens with zero attached hydrogens (tertiary/aromatic N) is 3. The van der Waals surface area contributed by atoms with Crippen LogP contribution in [-0.2, 0) is 9.53 Å². The van der Waals surface area contributed by atoms with E-state index in [0.29, 0.717) is 23.9 Å². The van der Waals surface area contributed by atoms with Gasteiger partial charge in [0.1, 0.15) is 17.9 Å². The first-order valence-electron chi connectivity index (χ1n) is 7.27. The van der Waals surface area contributed by atoms with Gasteiger partial charge in [0.2, 0.25) is 0 Å². The first-order valence-corrected chi connectivity index (χ1v) is 7.27. The molecule has 3 heterocycles. The molecule has 6 nitrogen and oxygen atoms in total. The van der Waals surface area contributed by atoms with Gasteiger partial charge in [-0.2, -0.15) is 5.26 Å². The van der Waals surface area contributed by atoms with E-state index in [1.807, 2.05) is 0 Å². The molecule has 0 saturated carbocycles. The van der Waals surface area contributed by atoms with E-state index >= 15 is 0 Å². The second-order valence-corrected chi connectivity index (χ2v) is 5.51. The van der Waals surface area contributed by atoms with Crippen molar-refractivity contribution in [3.8, 4) is 6.07 Å². The van der Waals surface area contributed by atoms with Crippen molar-refractivity contribution in [3.63, 3.8) is 0 Å². The Morgan fingerprint density at radius 1 is 1.52 bits per heavy atom. The van der Waals surface area contributed by atoms with Crippen molar-refractivity contribution >= 4 is 11.8 Å². The lowest BCUT2D eigenvalue weighted by Gasteiger charge is -2.20. The van der Waals surface area contributed by atoms with E-state index in [2.05, 4.69) is 21.3 Å². The lowest BCUT2D eigenvalue weighted by molar-refractivity contribution is -0.142. The molecule has 2 fully saturated rings. The van der Waals surface area contributed by atoms with Crippen LogP contribution in [0.1, 0.15) is 18.4 Å². The molecule has 0 aliphatic carbocycles. The fourth-order valence-electron chi connectivity index (χ4n) is 3.01. The van der Waals surface area contributed by atoms with E-state index < -0.39 is 0 Å². The van der Waals surface area contributed by atoms with E-state index in [-0.39, 0.29) is 12.0 Å². The zero-order valence-electron chi connectivity index (χ0n) is 11.8. The molecule has 2 atom stereocenters. The van der Waals surface area contributed by atoms with E-state index in [1.54, 1.807) is 18.3 Å². The van der Waals surface area contributed by atoms with Gasteiger partial charge in [-0.25, -0.2) is 4.98 Å². The van der Waals surface area contributed by atoms with Crippen LogP contribution in [0.5, 0.6) is 0 Å². The minimum absolute atomic E-state index is 0.0560. The van der Waals surface area contributed by atoms with Crippen LogP contribution in [0.3, 0.4) is 0 Å². The van der Waals surface area contributed by atoms with Crippen molar-refractivity contribution in [1.82, 2.24) is 9.88 Å². The smallest absolute Gasteiger partial charge is 0.323 e. The van der Waals surface area contributed by atoms with E-state index in [4.69, 9.17) is 10.00 Å². The molecule has 2 unspecified atom stereocenters. The Bertz CT molecular complexity index is 569. The molecule has 110 valence electrons. The number of cyclic esters (lactones) is 1. The number of rotatable bonds is 4. The SMILES string of the molecule is N#Cc1cccnc1NCC1CCN(C2CCOC2=O)C1. The number of ether oxygens (including phenoxy) is 1. The molecule has 6 heteroatoms. The van der Waals surface area contributed by atoms with Gasteiger partial charge < -0.3 is 10.1 Å². The van der Waals surface area contributed by atoms with Gasteiger partial charge in [-0.3, -0.25) is 9.69 Å². The largest absolute Gasteiger partial charge is 0.464 e. The van der Waals surface area contributed by atoms with Crippen molar-refractivity contribution in [2.24, 2.45) is 5.92 Å². The summed E-state index contributed by atoms with van der Waals surface area (Å²) in [7, 11) is 0. The maximum atomic E-state index is 11.6. The standard InChI is InChI=1S/C15H18N4O2/c16-8-12-2-1-5-17-14(12)18-9-11-3-6-19(10-11)13-4-7-21-15(13)20/h1-2,5,11,13H,3-4,6-7,9-10H2,(H,17,18). The monoisotopic (exact) mass is 286 g/mol. The summed E-state index contributed by atoms with van der Waals surface area (Å²) in [5, 5.41) is 12.3. The molecule has 0 bridgehead atoms. The fourth-order valence-corrected chi connectivity index (χ4v) is 3.01. The summed E-state index contributed by atoms with van der Waals surface area (Å²) < 4.78 is 5.03. The number of carbonyl (C=O) groups excluding carboxylic acids is 1. The number of hydrogen-bond donors (Lipinski definition) is 1. The predicted octanol–water partition coefficient (Wildman–Crippen LogP) is 1.00. The van der Waals surface area contributed by atoms with Crippen LogP contribution in [0.4, 0.5) is 5.82 Å². The minimum atomic E-state index is -0.0832. The summed E-state index contributed by atoms with van der Waals surface area (Å²) in [4.78, 5) is 18.0. The maximum Gasteiger partial charge on any atom is 0.323 e. The third kappa shape index (κ3) is 2.98. The highest BCUT2D eigenvalue weighted by atomic mass is 16.5. The summed E-state index contributed by atoms with van der Waals surface area (Å²) in [5.41, 5.74) is 0.562. The molecule has 21 heavy (non-hydrogen) atoms. The number of nitriles is 1. The highest BCUT2D eigenvalue weighted by Gasteiger charge is 2.36. The molecule has 1 aromatic heterocycles. The Kier molecular flexibility index (Phi) is 4.02. The minimum Gasteiger partial charge on any atom is -0.464 e. The molecular weight excluding hydrogens is 268 g/mol. The number of pyridine rings is 1. The normalized spacial score (nSPS) is 25.6. The average molecular weight is 286 g/mol. The molecule has 0 radical (unpaired) electrons. The zero-order chi connectivity index (χ0) is 14.7. The highest BCUT2D eigenvalue weighted by Crippen LogP contribution is 2.24. The fraction of sp³-hybridized carbons (Fsp3) is 0.533. The summed E-state index contributed by atoms with van der Waals surface area (Å²) in [6.07, 6.45) is 3.53. The zero-order valence-corrected chi connectivity index (χ0v) is 11.8. The van der Waals surface area contributed by atoms with E-state index in [0.717, 1.165) is 32.5 Å². The summed E-state index contributed by atoms with van der Waals surface area (Å²) in [6.45, 7) is 3.13. The van der Waals surface area contributed by atoms with Crippen molar-refractivity contribution in [2.45, 2.75) is 18.9 Å². The topological polar surface area (TPSA) is 78.2 Å². The van der Waals surface area contributed by atoms with Crippen LogP contribution < -0.4 is 5.32 Å². The molecule has 3 rings (SSSR count). The number of hydrogen-bond acceptors (Lipinski definition) is 6. The van der Waals surface area contributed by atoms with Gasteiger partial charge in [0.05, 0.1) is 12.2 Å². The van der Waals surface area contributed by atoms with Gasteiger partial charge in [-0.15, -0.1) is 0 Å². The van der Waals surface area contributed by atoms with Crippen LogP contribution in [-0.4, -0.2) is 48.1 Å². The number of nitrogens with one attached hydrogen (secondary N) is 1. The van der Waals surface area contributed by atoms with Crippen molar-refractivity contribution < 1.29 is 9.53 Å². The maximum absolute atomic E-state index is 11.6. The van der Waals surface area contributed by atoms with Crippen LogP contribution in [0.15, 0.2) is 18.3 Å². The van der Waals surface area contributed by atoms with Crippen LogP contribution in [0, 0.1) is 17.2 Å². The Labute approximate surface area is 123 Å². The Morgan fingerprint density at radius 3 is 3.19 bits per heavy atom. The van der Waals surface area contributed by atoms with Crippen LogP contribution in [0.25, 0.3) is 0 Å². The molecule has 1 N–H and O–H groups in total. The third-order valence-corrected chi connectivity index (χ3v) is 4.15. The van der Waals surface area contributed by atoms with Gasteiger partial charge in [0, 0.05) is 25.7 Å². The number of aromatic nitrogens is 1. The average Bonchev–Trinajstić information content (AvgIpc) is 3.14. The number of likely N-dealkylation sites (tertiary alicyclic amines) is 1. The van der Waals surface area contributed by atoms with Gasteiger partial charge in [0.15, 0.2) is 0 Å².